The quantitative estimate of drug-likeness (QED) is 0.897. The lowest BCUT2D eigenvalue weighted by molar-refractivity contribution is -0.0390. The number of ketones is 1. The molecule has 1 N–H and O–H groups in total. The fraction of sp³-hybridized carbons (Fsp3) is 0.556. The van der Waals surface area contributed by atoms with Crippen LogP contribution in [0, 0.1) is 0 Å². The molecule has 3 aliphatic rings. The second kappa shape index (κ2) is 5.73. The summed E-state index contributed by atoms with van der Waals surface area (Å²) in [5.74, 6) is 0.106. The molecule has 0 radical (unpaired) electrons. The van der Waals surface area contributed by atoms with Gasteiger partial charge in [0, 0.05) is 42.7 Å². The van der Waals surface area contributed by atoms with Gasteiger partial charge in [0.1, 0.15) is 0 Å². The van der Waals surface area contributed by atoms with Gasteiger partial charge in [-0.2, -0.15) is 0 Å². The van der Waals surface area contributed by atoms with Crippen LogP contribution in [0.25, 0.3) is 0 Å². The first-order valence-corrected chi connectivity index (χ1v) is 8.43. The summed E-state index contributed by atoms with van der Waals surface area (Å²) in [6.07, 6.45) is 2.41. The molecule has 0 bridgehead atoms. The van der Waals surface area contributed by atoms with Gasteiger partial charge < -0.3 is 10.1 Å². The molecule has 2 aliphatic heterocycles. The van der Waals surface area contributed by atoms with Crippen LogP contribution in [0.1, 0.15) is 46.0 Å². The average molecular weight is 314 g/mol. The summed E-state index contributed by atoms with van der Waals surface area (Å²) in [5.41, 5.74) is 2.31. The lowest BCUT2D eigenvalue weighted by atomic mass is 10.0. The van der Waals surface area contributed by atoms with Crippen molar-refractivity contribution in [2.24, 2.45) is 0 Å². The summed E-state index contributed by atoms with van der Waals surface area (Å²) in [6.45, 7) is 4.67. The van der Waals surface area contributed by atoms with Crippen LogP contribution in [-0.4, -0.2) is 54.5 Å². The first-order chi connectivity index (χ1) is 11.1. The van der Waals surface area contributed by atoms with E-state index >= 15 is 0 Å². The maximum Gasteiger partial charge on any atom is 0.251 e. The minimum atomic E-state index is -0.0460. The van der Waals surface area contributed by atoms with Crippen molar-refractivity contribution in [3.05, 3.63) is 34.9 Å². The second-order valence-electron chi connectivity index (χ2n) is 6.91. The highest BCUT2D eigenvalue weighted by molar-refractivity contribution is 6.05. The molecule has 2 saturated heterocycles. The van der Waals surface area contributed by atoms with Crippen molar-refractivity contribution in [3.8, 4) is 0 Å². The Morgan fingerprint density at radius 3 is 3.04 bits per heavy atom. The van der Waals surface area contributed by atoms with E-state index in [1.165, 1.54) is 0 Å². The van der Waals surface area contributed by atoms with E-state index in [9.17, 15) is 9.59 Å². The van der Waals surface area contributed by atoms with Gasteiger partial charge in [-0.15, -0.1) is 0 Å². The third-order valence-corrected chi connectivity index (χ3v) is 5.25. The molecular formula is C18H22N2O3. The highest BCUT2D eigenvalue weighted by Crippen LogP contribution is 2.27. The number of morpholine rings is 1. The monoisotopic (exact) mass is 314 g/mol. The standard InChI is InChI=1S/C18H22N2O3/c1-11-8-20-9-12(7-13(20)10-23-11)19-18(22)16-4-2-3-15-14(16)5-6-17(15)21/h2-4,11-13H,5-10H2,1H3,(H,19,22)/t11-,12-,13-/m0/s1. The van der Waals surface area contributed by atoms with Gasteiger partial charge in [0.05, 0.1) is 12.7 Å². The number of Topliss-reactive ketones (excluding diaryl/α,β-unsaturated/α-hetero) is 1. The van der Waals surface area contributed by atoms with Crippen molar-refractivity contribution in [1.82, 2.24) is 10.2 Å². The molecule has 122 valence electrons. The summed E-state index contributed by atoms with van der Waals surface area (Å²) < 4.78 is 5.71. The molecule has 0 aromatic heterocycles. The SMILES string of the molecule is C[C@H]1CN2C[C@@H](NC(=O)c3cccc4c3CCC4=O)C[C@H]2CO1. The molecule has 4 rings (SSSR count). The van der Waals surface area contributed by atoms with Gasteiger partial charge in [0.25, 0.3) is 5.91 Å². The van der Waals surface area contributed by atoms with E-state index in [-0.39, 0.29) is 23.8 Å². The molecule has 2 fully saturated rings. The molecule has 2 heterocycles. The van der Waals surface area contributed by atoms with Crippen molar-refractivity contribution < 1.29 is 14.3 Å². The molecule has 5 nitrogen and oxygen atoms in total. The number of benzene rings is 1. The minimum Gasteiger partial charge on any atom is -0.376 e. The van der Waals surface area contributed by atoms with Gasteiger partial charge in [-0.1, -0.05) is 12.1 Å². The number of rotatable bonds is 2. The summed E-state index contributed by atoms with van der Waals surface area (Å²) in [4.78, 5) is 26.9. The molecule has 1 amide bonds. The number of ether oxygens (including phenoxy) is 1. The largest absolute Gasteiger partial charge is 0.376 e. The summed E-state index contributed by atoms with van der Waals surface area (Å²) >= 11 is 0. The number of amides is 1. The number of carbonyl (C=O) groups excluding carboxylic acids is 2. The normalized spacial score (nSPS) is 30.1. The molecule has 5 heteroatoms. The van der Waals surface area contributed by atoms with E-state index in [0.717, 1.165) is 37.2 Å². The Hall–Kier alpha value is -1.72. The summed E-state index contributed by atoms with van der Waals surface area (Å²) in [7, 11) is 0. The minimum absolute atomic E-state index is 0.0460. The Labute approximate surface area is 136 Å². The van der Waals surface area contributed by atoms with Gasteiger partial charge in [0.15, 0.2) is 5.78 Å². The fourth-order valence-corrected chi connectivity index (χ4v) is 4.11. The number of fused-ring (bicyclic) bond motifs is 2. The fourth-order valence-electron chi connectivity index (χ4n) is 4.11. The highest BCUT2D eigenvalue weighted by atomic mass is 16.5. The average Bonchev–Trinajstić information content (AvgIpc) is 3.10. The zero-order chi connectivity index (χ0) is 16.0. The lowest BCUT2D eigenvalue weighted by Crippen LogP contribution is -2.45. The zero-order valence-corrected chi connectivity index (χ0v) is 13.4. The van der Waals surface area contributed by atoms with Crippen LogP contribution in [0.3, 0.4) is 0 Å². The smallest absolute Gasteiger partial charge is 0.251 e. The van der Waals surface area contributed by atoms with E-state index < -0.39 is 0 Å². The molecule has 0 unspecified atom stereocenters. The molecule has 3 atom stereocenters. The summed E-state index contributed by atoms with van der Waals surface area (Å²) in [6, 6.07) is 6.05. The maximum absolute atomic E-state index is 12.7. The first kappa shape index (κ1) is 14.8. The molecule has 1 aliphatic carbocycles. The Bertz CT molecular complexity index is 658. The van der Waals surface area contributed by atoms with E-state index in [2.05, 4.69) is 17.1 Å². The third kappa shape index (κ3) is 2.68. The van der Waals surface area contributed by atoms with Crippen LogP contribution >= 0.6 is 0 Å². The maximum atomic E-state index is 12.7. The topological polar surface area (TPSA) is 58.6 Å². The van der Waals surface area contributed by atoms with E-state index in [4.69, 9.17) is 4.74 Å². The zero-order valence-electron chi connectivity index (χ0n) is 13.4. The number of carbonyl (C=O) groups is 2. The van der Waals surface area contributed by atoms with Gasteiger partial charge in [-0.3, -0.25) is 14.5 Å². The van der Waals surface area contributed by atoms with Crippen molar-refractivity contribution >= 4 is 11.7 Å². The second-order valence-corrected chi connectivity index (χ2v) is 6.91. The Balaban J connectivity index is 1.46. The predicted molar refractivity (Wildman–Crippen MR) is 85.7 cm³/mol. The third-order valence-electron chi connectivity index (χ3n) is 5.25. The Kier molecular flexibility index (Phi) is 3.70. The molecule has 23 heavy (non-hydrogen) atoms. The van der Waals surface area contributed by atoms with Crippen molar-refractivity contribution in [2.45, 2.75) is 44.4 Å². The van der Waals surface area contributed by atoms with Crippen LogP contribution in [0.5, 0.6) is 0 Å². The van der Waals surface area contributed by atoms with Crippen LogP contribution < -0.4 is 5.32 Å². The highest BCUT2D eigenvalue weighted by Gasteiger charge is 2.37. The van der Waals surface area contributed by atoms with Crippen LogP contribution in [0.15, 0.2) is 18.2 Å². The number of hydrogen-bond acceptors (Lipinski definition) is 4. The molecule has 1 aromatic carbocycles. The van der Waals surface area contributed by atoms with Crippen LogP contribution in [0.4, 0.5) is 0 Å². The van der Waals surface area contributed by atoms with Crippen LogP contribution in [-0.2, 0) is 11.2 Å². The number of hydrogen-bond donors (Lipinski definition) is 1. The van der Waals surface area contributed by atoms with Crippen molar-refractivity contribution in [1.29, 1.82) is 0 Å². The first-order valence-electron chi connectivity index (χ1n) is 8.43. The van der Waals surface area contributed by atoms with Gasteiger partial charge in [-0.05, 0) is 31.4 Å². The van der Waals surface area contributed by atoms with Crippen molar-refractivity contribution in [3.63, 3.8) is 0 Å². The predicted octanol–water partition coefficient (Wildman–Crippen LogP) is 1.41. The Morgan fingerprint density at radius 1 is 1.30 bits per heavy atom. The lowest BCUT2D eigenvalue weighted by Gasteiger charge is -2.33. The van der Waals surface area contributed by atoms with E-state index in [0.29, 0.717) is 24.4 Å². The van der Waals surface area contributed by atoms with Gasteiger partial charge >= 0.3 is 0 Å². The Morgan fingerprint density at radius 2 is 2.17 bits per heavy atom. The molecule has 0 spiro atoms. The number of nitrogens with one attached hydrogen (secondary N) is 1. The number of nitrogens with zero attached hydrogens (tertiary/aromatic N) is 1. The van der Waals surface area contributed by atoms with E-state index in [1.807, 2.05) is 18.2 Å². The van der Waals surface area contributed by atoms with E-state index in [1.54, 1.807) is 0 Å². The van der Waals surface area contributed by atoms with Gasteiger partial charge in [0.2, 0.25) is 0 Å². The molecule has 0 saturated carbocycles. The molecule has 1 aromatic rings. The molecular weight excluding hydrogens is 292 g/mol. The summed E-state index contributed by atoms with van der Waals surface area (Å²) in [5, 5.41) is 3.16. The van der Waals surface area contributed by atoms with Gasteiger partial charge in [-0.25, -0.2) is 0 Å². The van der Waals surface area contributed by atoms with Crippen LogP contribution in [0.2, 0.25) is 0 Å². The van der Waals surface area contributed by atoms with Crippen molar-refractivity contribution in [2.75, 3.05) is 19.7 Å².